The molecule has 0 heterocycles. The maximum absolute atomic E-state index is 12.2. The van der Waals surface area contributed by atoms with Gasteiger partial charge in [-0.1, -0.05) is 25.5 Å². The highest BCUT2D eigenvalue weighted by Gasteiger charge is 2.65. The van der Waals surface area contributed by atoms with Crippen LogP contribution in [0.3, 0.4) is 0 Å². The number of aliphatic hydroxyl groups excluding tert-OH is 1. The van der Waals surface area contributed by atoms with E-state index in [1.165, 1.54) is 5.57 Å². The first-order valence-corrected chi connectivity index (χ1v) is 11.9. The van der Waals surface area contributed by atoms with E-state index in [2.05, 4.69) is 19.9 Å². The Kier molecular flexibility index (Phi) is 5.84. The quantitative estimate of drug-likeness (QED) is 0.371. The van der Waals surface area contributed by atoms with Crippen LogP contribution >= 0.6 is 0 Å². The van der Waals surface area contributed by atoms with Crippen LogP contribution in [0.25, 0.3) is 0 Å². The maximum atomic E-state index is 12.2. The second-order valence-corrected chi connectivity index (χ2v) is 10.9. The van der Waals surface area contributed by atoms with Crippen molar-refractivity contribution >= 4 is 16.2 Å². The first-order chi connectivity index (χ1) is 13.2. The summed E-state index contributed by atoms with van der Waals surface area (Å²) in [4.78, 5) is 12.2. The van der Waals surface area contributed by atoms with E-state index in [1.807, 2.05) is 0 Å². The molecule has 4 aliphatic carbocycles. The molecule has 8 heteroatoms. The lowest BCUT2D eigenvalue weighted by molar-refractivity contribution is -0.159. The van der Waals surface area contributed by atoms with Gasteiger partial charge >= 0.3 is 10.4 Å². The molecule has 7 nitrogen and oxygen atoms in total. The van der Waals surface area contributed by atoms with Crippen molar-refractivity contribution in [2.45, 2.75) is 83.8 Å². The van der Waals surface area contributed by atoms with E-state index in [-0.39, 0.29) is 22.7 Å². The Morgan fingerprint density at radius 1 is 1.07 bits per heavy atom. The second-order valence-electron chi connectivity index (χ2n) is 10.0. The normalized spacial score (nSPS) is 46.4. The molecular weight excluding hydrogens is 396 g/mol. The summed E-state index contributed by atoms with van der Waals surface area (Å²) >= 11 is 0. The molecule has 0 spiro atoms. The average Bonchev–Trinajstić information content (AvgIpc) is 2.87. The highest BCUT2D eigenvalue weighted by atomic mass is 32.3. The van der Waals surface area contributed by atoms with Crippen LogP contribution in [0, 0.1) is 28.6 Å². The standard InChI is InChI=1S/C21H32O3.H2O4S/c1-13(22)21(24)11-8-18-16-5-4-14-12-15(23)6-9-19(14,2)17(16)7-10-20(18,21)3;1-5(2,3)4/h4,15-18,23-24H,5-12H2,1-3H3;(H2,1,2,3,4). The van der Waals surface area contributed by atoms with Gasteiger partial charge in [0.2, 0.25) is 0 Å². The predicted octanol–water partition coefficient (Wildman–Crippen LogP) is 2.98. The first kappa shape index (κ1) is 22.9. The molecule has 4 rings (SSSR count). The number of hydrogen-bond acceptors (Lipinski definition) is 5. The summed E-state index contributed by atoms with van der Waals surface area (Å²) in [5.74, 6) is 1.65. The molecule has 29 heavy (non-hydrogen) atoms. The number of aliphatic hydroxyl groups is 2. The fraction of sp³-hybridized carbons (Fsp3) is 0.857. The van der Waals surface area contributed by atoms with Crippen molar-refractivity contribution in [1.29, 1.82) is 0 Å². The average molecular weight is 431 g/mol. The van der Waals surface area contributed by atoms with Crippen molar-refractivity contribution in [3.8, 4) is 0 Å². The Hall–Kier alpha value is -0.800. The molecule has 0 radical (unpaired) electrons. The molecule has 0 aromatic heterocycles. The molecule has 0 bridgehead atoms. The van der Waals surface area contributed by atoms with Gasteiger partial charge in [-0.05, 0) is 81.5 Å². The molecule has 7 atom stereocenters. The van der Waals surface area contributed by atoms with Crippen LogP contribution in [-0.2, 0) is 15.2 Å². The van der Waals surface area contributed by atoms with Crippen LogP contribution in [0.5, 0.6) is 0 Å². The van der Waals surface area contributed by atoms with Gasteiger partial charge in [0.25, 0.3) is 0 Å². The third kappa shape index (κ3) is 3.82. The van der Waals surface area contributed by atoms with Gasteiger partial charge in [0, 0.05) is 5.41 Å². The Bertz CT molecular complexity index is 798. The molecule has 4 aliphatic rings. The molecule has 7 unspecified atom stereocenters. The van der Waals surface area contributed by atoms with E-state index in [1.54, 1.807) is 6.92 Å². The molecule has 0 aliphatic heterocycles. The zero-order chi connectivity index (χ0) is 21.8. The van der Waals surface area contributed by atoms with Crippen LogP contribution in [-0.4, -0.2) is 45.2 Å². The monoisotopic (exact) mass is 430 g/mol. The van der Waals surface area contributed by atoms with E-state index < -0.39 is 16.0 Å². The number of carbonyl (C=O) groups excluding carboxylic acids is 1. The van der Waals surface area contributed by atoms with E-state index in [0.717, 1.165) is 44.9 Å². The summed E-state index contributed by atoms with van der Waals surface area (Å²) in [7, 11) is -4.67. The molecule has 4 N–H and O–H groups in total. The number of ketones is 1. The van der Waals surface area contributed by atoms with Crippen molar-refractivity contribution in [2.75, 3.05) is 0 Å². The van der Waals surface area contributed by atoms with Gasteiger partial charge < -0.3 is 10.2 Å². The van der Waals surface area contributed by atoms with E-state index >= 15 is 0 Å². The highest BCUT2D eigenvalue weighted by molar-refractivity contribution is 7.79. The Morgan fingerprint density at radius 3 is 2.24 bits per heavy atom. The number of allylic oxidation sites excluding steroid dienone is 1. The molecule has 0 saturated heterocycles. The van der Waals surface area contributed by atoms with Crippen LogP contribution in [0.1, 0.15) is 72.1 Å². The molecule has 3 fully saturated rings. The molecule has 0 aromatic rings. The lowest BCUT2D eigenvalue weighted by atomic mass is 9.47. The second kappa shape index (κ2) is 7.41. The minimum Gasteiger partial charge on any atom is -0.393 e. The number of fused-ring (bicyclic) bond motifs is 5. The lowest BCUT2D eigenvalue weighted by Gasteiger charge is -2.58. The van der Waals surface area contributed by atoms with Gasteiger partial charge in [0.1, 0.15) is 5.60 Å². The minimum atomic E-state index is -4.67. The summed E-state index contributed by atoms with van der Waals surface area (Å²) < 4.78 is 31.6. The van der Waals surface area contributed by atoms with E-state index in [0.29, 0.717) is 24.2 Å². The van der Waals surface area contributed by atoms with E-state index in [4.69, 9.17) is 17.5 Å². The largest absolute Gasteiger partial charge is 0.394 e. The van der Waals surface area contributed by atoms with Crippen LogP contribution < -0.4 is 0 Å². The molecule has 166 valence electrons. The van der Waals surface area contributed by atoms with Crippen LogP contribution in [0.2, 0.25) is 0 Å². The van der Waals surface area contributed by atoms with Gasteiger partial charge in [-0.15, -0.1) is 0 Å². The van der Waals surface area contributed by atoms with Gasteiger partial charge in [0.15, 0.2) is 5.78 Å². The van der Waals surface area contributed by atoms with Gasteiger partial charge in [0.05, 0.1) is 6.10 Å². The molecule has 0 amide bonds. The first-order valence-electron chi connectivity index (χ1n) is 10.5. The topological polar surface area (TPSA) is 132 Å². The summed E-state index contributed by atoms with van der Waals surface area (Å²) in [6.45, 7) is 6.16. The third-order valence-corrected chi connectivity index (χ3v) is 8.81. The van der Waals surface area contributed by atoms with Crippen molar-refractivity contribution in [3.63, 3.8) is 0 Å². The number of hydrogen-bond donors (Lipinski definition) is 4. The zero-order valence-electron chi connectivity index (χ0n) is 17.5. The number of rotatable bonds is 1. The Labute approximate surface area is 173 Å². The molecule has 3 saturated carbocycles. The van der Waals surface area contributed by atoms with Gasteiger partial charge in [-0.25, -0.2) is 0 Å². The summed E-state index contributed by atoms with van der Waals surface area (Å²) in [6, 6.07) is 0. The Morgan fingerprint density at radius 2 is 1.66 bits per heavy atom. The third-order valence-electron chi connectivity index (χ3n) is 8.81. The van der Waals surface area contributed by atoms with Crippen LogP contribution in [0.4, 0.5) is 0 Å². The number of carbonyl (C=O) groups is 1. The molecular formula is C21H34O7S. The summed E-state index contributed by atoms with van der Waals surface area (Å²) in [6.07, 6.45) is 9.84. The van der Waals surface area contributed by atoms with Crippen molar-refractivity contribution in [2.24, 2.45) is 28.6 Å². The van der Waals surface area contributed by atoms with E-state index in [9.17, 15) is 15.0 Å². The summed E-state index contributed by atoms with van der Waals surface area (Å²) in [5, 5.41) is 21.2. The van der Waals surface area contributed by atoms with Crippen molar-refractivity contribution in [1.82, 2.24) is 0 Å². The minimum absolute atomic E-state index is 0.0370. The number of Topliss-reactive ketones (excluding diaryl/α,β-unsaturated/α-hetero) is 1. The van der Waals surface area contributed by atoms with Gasteiger partial charge in [-0.3, -0.25) is 13.9 Å². The summed E-state index contributed by atoms with van der Waals surface area (Å²) in [5.41, 5.74) is 0.331. The fourth-order valence-electron chi connectivity index (χ4n) is 7.24. The van der Waals surface area contributed by atoms with Gasteiger partial charge in [-0.2, -0.15) is 8.42 Å². The fourth-order valence-corrected chi connectivity index (χ4v) is 7.24. The van der Waals surface area contributed by atoms with Crippen LogP contribution in [0.15, 0.2) is 11.6 Å². The Balaban J connectivity index is 0.000000431. The van der Waals surface area contributed by atoms with Crippen molar-refractivity contribution in [3.05, 3.63) is 11.6 Å². The smallest absolute Gasteiger partial charge is 0.393 e. The maximum Gasteiger partial charge on any atom is 0.394 e. The molecule has 0 aromatic carbocycles. The lowest BCUT2D eigenvalue weighted by Crippen LogP contribution is -2.56. The van der Waals surface area contributed by atoms with Crippen molar-refractivity contribution < 1.29 is 32.5 Å². The highest BCUT2D eigenvalue weighted by Crippen LogP contribution is 2.67. The predicted molar refractivity (Wildman–Crippen MR) is 108 cm³/mol. The zero-order valence-corrected chi connectivity index (χ0v) is 18.3. The SMILES string of the molecule is CC(=O)C1(O)CCC2C3CC=C4CC(O)CCC4(C)C3CCC21C.O=S(=O)(O)O.